The van der Waals surface area contributed by atoms with Crippen LogP contribution in [0, 0.1) is 0 Å². The Morgan fingerprint density at radius 1 is 1.33 bits per heavy atom. The number of amides is 2. The highest BCUT2D eigenvalue weighted by molar-refractivity contribution is 5.87. The highest BCUT2D eigenvalue weighted by Crippen LogP contribution is 2.24. The van der Waals surface area contributed by atoms with Crippen LogP contribution in [-0.2, 0) is 9.59 Å². The van der Waals surface area contributed by atoms with Gasteiger partial charge in [-0.25, -0.2) is 0 Å². The lowest BCUT2D eigenvalue weighted by atomic mass is 10.1. The molecular formula is C13H25N3O2. The zero-order chi connectivity index (χ0) is 13.5. The molecule has 0 heterocycles. The minimum Gasteiger partial charge on any atom is -0.368 e. The van der Waals surface area contributed by atoms with E-state index in [1.165, 1.54) is 0 Å². The topological polar surface area (TPSA) is 89.4 Å². The molecule has 104 valence electrons. The van der Waals surface area contributed by atoms with Crippen LogP contribution in [0.3, 0.4) is 0 Å². The molecule has 0 bridgehead atoms. The fraction of sp³-hybridized carbons (Fsp3) is 0.846. The highest BCUT2D eigenvalue weighted by Gasteiger charge is 2.30. The Morgan fingerprint density at radius 3 is 2.44 bits per heavy atom. The predicted octanol–water partition coefficient (Wildman–Crippen LogP) is 0.760. The third-order valence-electron chi connectivity index (χ3n) is 3.56. The van der Waals surface area contributed by atoms with Gasteiger partial charge in [0.2, 0.25) is 11.8 Å². The van der Waals surface area contributed by atoms with Crippen LogP contribution in [0.4, 0.5) is 0 Å². The standard InChI is InChI=1S/C13H25N3O2/c1-2-3-8-11(14)13(18)16(9-12(15)17)10-6-4-5-7-10/h10-11H,2-9,14H2,1H3,(H2,15,17). The van der Waals surface area contributed by atoms with E-state index in [4.69, 9.17) is 11.5 Å². The summed E-state index contributed by atoms with van der Waals surface area (Å²) in [5, 5.41) is 0. The Bertz CT molecular complexity index is 288. The molecule has 1 saturated carbocycles. The van der Waals surface area contributed by atoms with E-state index in [-0.39, 0.29) is 18.5 Å². The number of hydrogen-bond acceptors (Lipinski definition) is 3. The average molecular weight is 255 g/mol. The van der Waals surface area contributed by atoms with Crippen molar-refractivity contribution in [3.63, 3.8) is 0 Å². The molecular weight excluding hydrogens is 230 g/mol. The van der Waals surface area contributed by atoms with Crippen LogP contribution in [0.25, 0.3) is 0 Å². The monoisotopic (exact) mass is 255 g/mol. The first kappa shape index (κ1) is 15.0. The Morgan fingerprint density at radius 2 is 1.94 bits per heavy atom. The lowest BCUT2D eigenvalue weighted by Gasteiger charge is -2.30. The summed E-state index contributed by atoms with van der Waals surface area (Å²) >= 11 is 0. The predicted molar refractivity (Wildman–Crippen MR) is 70.7 cm³/mol. The van der Waals surface area contributed by atoms with Gasteiger partial charge >= 0.3 is 0 Å². The summed E-state index contributed by atoms with van der Waals surface area (Å²) in [6, 6.07) is -0.345. The highest BCUT2D eigenvalue weighted by atomic mass is 16.2. The first-order valence-corrected chi connectivity index (χ1v) is 6.90. The van der Waals surface area contributed by atoms with Crippen LogP contribution in [0.15, 0.2) is 0 Å². The van der Waals surface area contributed by atoms with Gasteiger partial charge in [0.15, 0.2) is 0 Å². The fourth-order valence-corrected chi connectivity index (χ4v) is 2.53. The molecule has 18 heavy (non-hydrogen) atoms. The molecule has 1 atom stereocenters. The quantitative estimate of drug-likeness (QED) is 0.703. The summed E-state index contributed by atoms with van der Waals surface area (Å²) in [6.45, 7) is 2.07. The molecule has 2 amide bonds. The number of nitrogens with zero attached hydrogens (tertiary/aromatic N) is 1. The molecule has 5 heteroatoms. The zero-order valence-corrected chi connectivity index (χ0v) is 11.2. The molecule has 1 rings (SSSR count). The van der Waals surface area contributed by atoms with Crippen LogP contribution in [-0.4, -0.2) is 35.3 Å². The van der Waals surface area contributed by atoms with Crippen molar-refractivity contribution < 1.29 is 9.59 Å². The fourth-order valence-electron chi connectivity index (χ4n) is 2.53. The number of nitrogens with two attached hydrogens (primary N) is 2. The maximum atomic E-state index is 12.3. The molecule has 0 aromatic carbocycles. The van der Waals surface area contributed by atoms with Gasteiger partial charge in [-0.15, -0.1) is 0 Å². The van der Waals surface area contributed by atoms with Gasteiger partial charge in [-0.1, -0.05) is 32.6 Å². The summed E-state index contributed by atoms with van der Waals surface area (Å²) in [6.07, 6.45) is 6.76. The van der Waals surface area contributed by atoms with E-state index in [9.17, 15) is 9.59 Å². The van der Waals surface area contributed by atoms with Gasteiger partial charge in [-0.2, -0.15) is 0 Å². The second-order valence-corrected chi connectivity index (χ2v) is 5.12. The van der Waals surface area contributed by atoms with Gasteiger partial charge in [0, 0.05) is 6.04 Å². The molecule has 0 aromatic rings. The van der Waals surface area contributed by atoms with E-state index in [0.29, 0.717) is 6.42 Å². The SMILES string of the molecule is CCCCC(N)C(=O)N(CC(N)=O)C1CCCC1. The van der Waals surface area contributed by atoms with Gasteiger partial charge in [-0.05, 0) is 19.3 Å². The van der Waals surface area contributed by atoms with E-state index in [1.54, 1.807) is 4.90 Å². The molecule has 1 aliphatic rings. The van der Waals surface area contributed by atoms with Crippen molar-refractivity contribution in [2.45, 2.75) is 64.0 Å². The molecule has 1 fully saturated rings. The largest absolute Gasteiger partial charge is 0.368 e. The summed E-state index contributed by atoms with van der Waals surface area (Å²) in [5.41, 5.74) is 11.1. The van der Waals surface area contributed by atoms with E-state index >= 15 is 0 Å². The lowest BCUT2D eigenvalue weighted by molar-refractivity contribution is -0.138. The normalized spacial score (nSPS) is 17.7. The number of hydrogen-bond donors (Lipinski definition) is 2. The van der Waals surface area contributed by atoms with Gasteiger partial charge in [-0.3, -0.25) is 9.59 Å². The minimum atomic E-state index is -0.495. The third-order valence-corrected chi connectivity index (χ3v) is 3.56. The lowest BCUT2D eigenvalue weighted by Crippen LogP contribution is -2.50. The number of carbonyl (C=O) groups is 2. The van der Waals surface area contributed by atoms with Crippen molar-refractivity contribution >= 4 is 11.8 Å². The van der Waals surface area contributed by atoms with E-state index < -0.39 is 11.9 Å². The van der Waals surface area contributed by atoms with Crippen molar-refractivity contribution in [2.24, 2.45) is 11.5 Å². The average Bonchev–Trinajstić information content (AvgIpc) is 2.85. The van der Waals surface area contributed by atoms with Gasteiger partial charge < -0.3 is 16.4 Å². The molecule has 5 nitrogen and oxygen atoms in total. The van der Waals surface area contributed by atoms with Crippen molar-refractivity contribution in [1.82, 2.24) is 4.90 Å². The number of carbonyl (C=O) groups excluding carboxylic acids is 2. The summed E-state index contributed by atoms with van der Waals surface area (Å²) in [5.74, 6) is -0.577. The smallest absolute Gasteiger partial charge is 0.240 e. The Labute approximate surface area is 109 Å². The molecule has 0 radical (unpaired) electrons. The minimum absolute atomic E-state index is 0.00330. The van der Waals surface area contributed by atoms with Crippen LogP contribution in [0.5, 0.6) is 0 Å². The van der Waals surface area contributed by atoms with Crippen LogP contribution >= 0.6 is 0 Å². The summed E-state index contributed by atoms with van der Waals surface area (Å²) in [4.78, 5) is 25.0. The maximum Gasteiger partial charge on any atom is 0.240 e. The van der Waals surface area contributed by atoms with Crippen molar-refractivity contribution in [2.75, 3.05) is 6.54 Å². The van der Waals surface area contributed by atoms with Gasteiger partial charge in [0.05, 0.1) is 12.6 Å². The summed E-state index contributed by atoms with van der Waals surface area (Å²) < 4.78 is 0. The molecule has 4 N–H and O–H groups in total. The Balaban J connectivity index is 2.62. The Kier molecular flexibility index (Phi) is 6.12. The van der Waals surface area contributed by atoms with Crippen LogP contribution < -0.4 is 11.5 Å². The first-order valence-electron chi connectivity index (χ1n) is 6.90. The Hall–Kier alpha value is -1.10. The van der Waals surface area contributed by atoms with E-state index in [2.05, 4.69) is 6.92 Å². The second-order valence-electron chi connectivity index (χ2n) is 5.12. The molecule has 1 unspecified atom stereocenters. The van der Waals surface area contributed by atoms with Gasteiger partial charge in [0.25, 0.3) is 0 Å². The first-order chi connectivity index (χ1) is 8.56. The third kappa shape index (κ3) is 4.29. The molecule has 0 aromatic heterocycles. The molecule has 1 aliphatic carbocycles. The van der Waals surface area contributed by atoms with Crippen LogP contribution in [0.2, 0.25) is 0 Å². The van der Waals surface area contributed by atoms with Crippen molar-refractivity contribution in [1.29, 1.82) is 0 Å². The van der Waals surface area contributed by atoms with Crippen LogP contribution in [0.1, 0.15) is 51.9 Å². The van der Waals surface area contributed by atoms with Gasteiger partial charge in [0.1, 0.15) is 0 Å². The molecule has 0 spiro atoms. The summed E-state index contributed by atoms with van der Waals surface area (Å²) in [7, 11) is 0. The van der Waals surface area contributed by atoms with Crippen molar-refractivity contribution in [3.8, 4) is 0 Å². The molecule has 0 saturated heterocycles. The number of rotatable bonds is 7. The van der Waals surface area contributed by atoms with E-state index in [1.807, 2.05) is 0 Å². The maximum absolute atomic E-state index is 12.3. The van der Waals surface area contributed by atoms with E-state index in [0.717, 1.165) is 38.5 Å². The van der Waals surface area contributed by atoms with Crippen molar-refractivity contribution in [3.05, 3.63) is 0 Å². The molecule has 0 aliphatic heterocycles. The number of unbranched alkanes of at least 4 members (excludes halogenated alkanes) is 1. The number of primary amides is 1. The zero-order valence-electron chi connectivity index (χ0n) is 11.2. The second kappa shape index (κ2) is 7.36.